The van der Waals surface area contributed by atoms with Gasteiger partial charge in [0.2, 0.25) is 5.95 Å². The number of hydrogen-bond acceptors (Lipinski definition) is 5. The van der Waals surface area contributed by atoms with Gasteiger partial charge in [-0.25, -0.2) is 9.82 Å². The van der Waals surface area contributed by atoms with E-state index in [1.165, 1.54) is 19.2 Å². The van der Waals surface area contributed by atoms with E-state index in [0.717, 1.165) is 0 Å². The number of anilines is 1. The predicted molar refractivity (Wildman–Crippen MR) is 65.0 cm³/mol. The van der Waals surface area contributed by atoms with Gasteiger partial charge in [0, 0.05) is 5.56 Å². The Morgan fingerprint density at radius 1 is 1.39 bits per heavy atom. The Hall–Kier alpha value is -2.57. The van der Waals surface area contributed by atoms with Gasteiger partial charge in [-0.05, 0) is 13.0 Å². The lowest BCUT2D eigenvalue weighted by atomic mass is 10.2. The van der Waals surface area contributed by atoms with E-state index in [1.807, 2.05) is 0 Å². The molecule has 7 heteroatoms. The van der Waals surface area contributed by atoms with Gasteiger partial charge in [0.1, 0.15) is 11.5 Å². The maximum Gasteiger partial charge on any atom is 0.274 e. The lowest BCUT2D eigenvalue weighted by molar-refractivity contribution is 0.626. The van der Waals surface area contributed by atoms with Gasteiger partial charge in [-0.15, -0.1) is 10.2 Å². The highest BCUT2D eigenvalue weighted by Gasteiger charge is 1.98. The van der Waals surface area contributed by atoms with E-state index in [1.54, 1.807) is 18.2 Å². The number of aromatic nitrogens is 3. The topological polar surface area (TPSA) is 83.0 Å². The molecule has 92 valence electrons. The normalized spacial score (nSPS) is 10.8. The van der Waals surface area contributed by atoms with Crippen molar-refractivity contribution in [1.29, 1.82) is 0 Å². The Morgan fingerprint density at radius 3 is 2.89 bits per heavy atom. The molecule has 0 spiro atoms. The van der Waals surface area contributed by atoms with Crippen molar-refractivity contribution in [2.75, 3.05) is 5.43 Å². The monoisotopic (exact) mass is 247 g/mol. The number of halogens is 1. The van der Waals surface area contributed by atoms with Gasteiger partial charge in [-0.3, -0.25) is 9.78 Å². The molecule has 0 saturated carbocycles. The van der Waals surface area contributed by atoms with Crippen LogP contribution in [-0.4, -0.2) is 21.4 Å². The maximum atomic E-state index is 13.2. The number of nitrogens with one attached hydrogen (secondary N) is 2. The summed E-state index contributed by atoms with van der Waals surface area (Å²) in [5, 5.41) is 11.0. The molecule has 6 nitrogen and oxygen atoms in total. The van der Waals surface area contributed by atoms with Crippen LogP contribution in [0.3, 0.4) is 0 Å². The fourth-order valence-electron chi connectivity index (χ4n) is 1.19. The molecule has 1 aromatic carbocycles. The molecule has 1 aromatic heterocycles. The van der Waals surface area contributed by atoms with Gasteiger partial charge < -0.3 is 0 Å². The van der Waals surface area contributed by atoms with Gasteiger partial charge >= 0.3 is 0 Å². The fourth-order valence-corrected chi connectivity index (χ4v) is 1.19. The summed E-state index contributed by atoms with van der Waals surface area (Å²) >= 11 is 0. The first kappa shape index (κ1) is 11.9. The van der Waals surface area contributed by atoms with Crippen molar-refractivity contribution in [3.8, 4) is 0 Å². The van der Waals surface area contributed by atoms with Gasteiger partial charge in [0.15, 0.2) is 0 Å². The number of hydrogen-bond donors (Lipinski definition) is 2. The van der Waals surface area contributed by atoms with Crippen molar-refractivity contribution >= 4 is 12.2 Å². The number of aryl methyl sites for hydroxylation is 1. The minimum Gasteiger partial charge on any atom is -0.288 e. The van der Waals surface area contributed by atoms with Crippen molar-refractivity contribution in [1.82, 2.24) is 15.2 Å². The average Bonchev–Trinajstić information content (AvgIpc) is 2.36. The summed E-state index contributed by atoms with van der Waals surface area (Å²) in [7, 11) is 0. The second-order valence-corrected chi connectivity index (χ2v) is 3.48. The molecule has 2 aromatic rings. The molecule has 0 radical (unpaired) electrons. The minimum atomic E-state index is -0.383. The van der Waals surface area contributed by atoms with E-state index >= 15 is 0 Å². The first-order valence-corrected chi connectivity index (χ1v) is 5.14. The summed E-state index contributed by atoms with van der Waals surface area (Å²) in [4.78, 5) is 13.6. The smallest absolute Gasteiger partial charge is 0.274 e. The summed E-state index contributed by atoms with van der Waals surface area (Å²) in [6.45, 7) is 1.54. The van der Waals surface area contributed by atoms with Gasteiger partial charge in [0.05, 0.1) is 6.21 Å². The SMILES string of the molecule is Cc1nnc(NN=Cc2ccccc2F)[nH]c1=O. The molecule has 0 aliphatic rings. The summed E-state index contributed by atoms with van der Waals surface area (Å²) < 4.78 is 13.2. The Labute approximate surface area is 102 Å². The number of aromatic amines is 1. The Bertz CT molecular complexity index is 637. The summed E-state index contributed by atoms with van der Waals surface area (Å²) in [6.07, 6.45) is 1.29. The second kappa shape index (κ2) is 5.17. The highest BCUT2D eigenvalue weighted by molar-refractivity contribution is 5.80. The highest BCUT2D eigenvalue weighted by Crippen LogP contribution is 2.03. The van der Waals surface area contributed by atoms with Crippen LogP contribution in [0.5, 0.6) is 0 Å². The summed E-state index contributed by atoms with van der Waals surface area (Å²) in [5.74, 6) is -0.287. The predicted octanol–water partition coefficient (Wildman–Crippen LogP) is 1.06. The van der Waals surface area contributed by atoms with Gasteiger partial charge in [-0.1, -0.05) is 18.2 Å². The molecular weight excluding hydrogens is 237 g/mol. The zero-order valence-corrected chi connectivity index (χ0v) is 9.51. The number of H-pyrrole nitrogens is 1. The van der Waals surface area contributed by atoms with Crippen molar-refractivity contribution in [2.24, 2.45) is 5.10 Å². The van der Waals surface area contributed by atoms with Crippen molar-refractivity contribution in [2.45, 2.75) is 6.92 Å². The zero-order valence-electron chi connectivity index (χ0n) is 9.51. The van der Waals surface area contributed by atoms with Gasteiger partial charge in [-0.2, -0.15) is 5.10 Å². The lowest BCUT2D eigenvalue weighted by Gasteiger charge is -1.98. The average molecular weight is 247 g/mol. The molecule has 1 heterocycles. The summed E-state index contributed by atoms with van der Waals surface area (Å²) in [6, 6.07) is 6.18. The molecule has 18 heavy (non-hydrogen) atoms. The standard InChI is InChI=1S/C11H10FN5O/c1-7-10(18)14-11(17-15-7)16-13-6-8-4-2-3-5-9(8)12/h2-6H,1H3,(H2,14,16,17,18). The van der Waals surface area contributed by atoms with Crippen LogP contribution < -0.4 is 11.0 Å². The summed E-state index contributed by atoms with van der Waals surface area (Å²) in [5.41, 5.74) is 2.70. The zero-order chi connectivity index (χ0) is 13.0. The van der Waals surface area contributed by atoms with Crippen molar-refractivity contribution in [3.05, 3.63) is 51.7 Å². The quantitative estimate of drug-likeness (QED) is 0.627. The van der Waals surface area contributed by atoms with Crippen molar-refractivity contribution < 1.29 is 4.39 Å². The molecular formula is C11H10FN5O. The molecule has 0 saturated heterocycles. The van der Waals surface area contributed by atoms with E-state index < -0.39 is 0 Å². The van der Waals surface area contributed by atoms with Gasteiger partial charge in [0.25, 0.3) is 5.56 Å². The third-order valence-corrected chi connectivity index (χ3v) is 2.14. The Morgan fingerprint density at radius 2 is 2.17 bits per heavy atom. The molecule has 0 aliphatic heterocycles. The second-order valence-electron chi connectivity index (χ2n) is 3.48. The van der Waals surface area contributed by atoms with Crippen molar-refractivity contribution in [3.63, 3.8) is 0 Å². The molecule has 0 fully saturated rings. The number of rotatable bonds is 3. The highest BCUT2D eigenvalue weighted by atomic mass is 19.1. The van der Waals surface area contributed by atoms with E-state index in [-0.39, 0.29) is 23.0 Å². The molecule has 0 amide bonds. The first-order valence-electron chi connectivity index (χ1n) is 5.14. The van der Waals surface area contributed by atoms with Crippen LogP contribution in [0, 0.1) is 12.7 Å². The number of hydrazone groups is 1. The van der Waals surface area contributed by atoms with E-state index in [2.05, 4.69) is 25.7 Å². The van der Waals surface area contributed by atoms with Crippen LogP contribution in [-0.2, 0) is 0 Å². The van der Waals surface area contributed by atoms with E-state index in [9.17, 15) is 9.18 Å². The van der Waals surface area contributed by atoms with E-state index in [4.69, 9.17) is 0 Å². The van der Waals surface area contributed by atoms with Crippen LogP contribution in [0.4, 0.5) is 10.3 Å². The molecule has 0 bridgehead atoms. The molecule has 0 aliphatic carbocycles. The number of benzene rings is 1. The molecule has 0 atom stereocenters. The third-order valence-electron chi connectivity index (χ3n) is 2.14. The van der Waals surface area contributed by atoms with Crippen LogP contribution in [0.1, 0.15) is 11.3 Å². The third kappa shape index (κ3) is 2.76. The van der Waals surface area contributed by atoms with Crippen LogP contribution >= 0.6 is 0 Å². The van der Waals surface area contributed by atoms with Crippen LogP contribution in [0.25, 0.3) is 0 Å². The largest absolute Gasteiger partial charge is 0.288 e. The maximum absolute atomic E-state index is 13.2. The Kier molecular flexibility index (Phi) is 3.42. The minimum absolute atomic E-state index is 0.0955. The fraction of sp³-hybridized carbons (Fsp3) is 0.0909. The lowest BCUT2D eigenvalue weighted by Crippen LogP contribution is -2.15. The molecule has 2 rings (SSSR count). The van der Waals surface area contributed by atoms with Crippen LogP contribution in [0.15, 0.2) is 34.2 Å². The molecule has 2 N–H and O–H groups in total. The van der Waals surface area contributed by atoms with Crippen LogP contribution in [0.2, 0.25) is 0 Å². The first-order chi connectivity index (χ1) is 8.66. The number of nitrogens with zero attached hydrogens (tertiary/aromatic N) is 3. The Balaban J connectivity index is 2.10. The van der Waals surface area contributed by atoms with E-state index in [0.29, 0.717) is 5.56 Å². The molecule has 0 unspecified atom stereocenters.